The number of phenols is 1. The smallest absolute Gasteiger partial charge is 0.284 e. The molecule has 0 fully saturated rings. The van der Waals surface area contributed by atoms with Crippen molar-refractivity contribution in [3.8, 4) is 23.0 Å². The number of hydrogen-bond acceptors (Lipinski definition) is 6. The summed E-state index contributed by atoms with van der Waals surface area (Å²) in [6.45, 7) is 2.36. The molecule has 2 aromatic rings. The van der Waals surface area contributed by atoms with Gasteiger partial charge in [0, 0.05) is 9.13 Å². The Morgan fingerprint density at radius 2 is 2.19 bits per heavy atom. The zero-order valence-electron chi connectivity index (χ0n) is 13.9. The van der Waals surface area contributed by atoms with Crippen molar-refractivity contribution in [2.45, 2.75) is 13.0 Å². The average Bonchev–Trinajstić information content (AvgIpc) is 2.65. The Morgan fingerprint density at radius 1 is 1.42 bits per heavy atom. The molecule has 0 saturated carbocycles. The number of phenolic OH excluding ortho intramolecular Hbond substituents is 1. The second-order valence-electron chi connectivity index (χ2n) is 5.37. The Labute approximate surface area is 164 Å². The van der Waals surface area contributed by atoms with Gasteiger partial charge in [0.1, 0.15) is 6.61 Å². The molecule has 1 heterocycles. The lowest BCUT2D eigenvalue weighted by Gasteiger charge is -2.24. The van der Waals surface area contributed by atoms with Gasteiger partial charge in [0.2, 0.25) is 6.10 Å². The fourth-order valence-electron chi connectivity index (χ4n) is 2.34. The number of para-hydroxylation sites is 2. The second kappa shape index (κ2) is 8.26. The van der Waals surface area contributed by atoms with E-state index in [9.17, 15) is 9.90 Å². The summed E-state index contributed by atoms with van der Waals surface area (Å²) in [5, 5.41) is 14.1. The quantitative estimate of drug-likeness (QED) is 0.400. The van der Waals surface area contributed by atoms with Crippen molar-refractivity contribution < 1.29 is 24.1 Å². The molecule has 7 nitrogen and oxygen atoms in total. The van der Waals surface area contributed by atoms with E-state index < -0.39 is 12.0 Å². The summed E-state index contributed by atoms with van der Waals surface area (Å²) < 4.78 is 17.4. The van der Waals surface area contributed by atoms with E-state index in [1.54, 1.807) is 30.3 Å². The van der Waals surface area contributed by atoms with Crippen LogP contribution in [0.3, 0.4) is 0 Å². The van der Waals surface area contributed by atoms with E-state index in [0.717, 1.165) is 3.57 Å². The normalized spacial score (nSPS) is 15.7. The lowest BCUT2D eigenvalue weighted by molar-refractivity contribution is -0.130. The van der Waals surface area contributed by atoms with Gasteiger partial charge in [-0.2, -0.15) is 5.10 Å². The highest BCUT2D eigenvalue weighted by molar-refractivity contribution is 14.1. The molecule has 0 aromatic heterocycles. The molecule has 1 aliphatic rings. The predicted molar refractivity (Wildman–Crippen MR) is 104 cm³/mol. The highest BCUT2D eigenvalue weighted by Crippen LogP contribution is 2.32. The lowest BCUT2D eigenvalue weighted by Crippen LogP contribution is -2.42. The summed E-state index contributed by atoms with van der Waals surface area (Å²) in [5.74, 6) is 1.02. The number of carbonyl (C=O) groups excluding carboxylic acids is 1. The number of halogens is 1. The summed E-state index contributed by atoms with van der Waals surface area (Å²) >= 11 is 2.11. The van der Waals surface area contributed by atoms with Crippen LogP contribution in [0.25, 0.3) is 0 Å². The Kier molecular flexibility index (Phi) is 5.82. The lowest BCUT2D eigenvalue weighted by atomic mass is 10.2. The minimum atomic E-state index is -0.800. The summed E-state index contributed by atoms with van der Waals surface area (Å²) in [6.07, 6.45) is 0.556. The van der Waals surface area contributed by atoms with E-state index in [1.807, 2.05) is 13.0 Å². The molecule has 136 valence electrons. The summed E-state index contributed by atoms with van der Waals surface area (Å²) in [5.41, 5.74) is 2.84. The summed E-state index contributed by atoms with van der Waals surface area (Å²) in [4.78, 5) is 12.2. The molecule has 3 rings (SSSR count). The van der Waals surface area contributed by atoms with Crippen LogP contribution in [-0.2, 0) is 4.79 Å². The summed E-state index contributed by atoms with van der Waals surface area (Å²) in [6, 6.07) is 10.6. The molecule has 0 saturated heterocycles. The number of amides is 1. The largest absolute Gasteiger partial charge is 0.504 e. The Hall–Kier alpha value is -2.49. The van der Waals surface area contributed by atoms with Gasteiger partial charge in [-0.1, -0.05) is 12.1 Å². The van der Waals surface area contributed by atoms with Gasteiger partial charge < -0.3 is 19.3 Å². The van der Waals surface area contributed by atoms with E-state index in [0.29, 0.717) is 29.4 Å². The number of hydrazone groups is 1. The van der Waals surface area contributed by atoms with E-state index in [-0.39, 0.29) is 12.4 Å². The maximum atomic E-state index is 12.2. The van der Waals surface area contributed by atoms with Crippen molar-refractivity contribution in [3.63, 3.8) is 0 Å². The van der Waals surface area contributed by atoms with Crippen LogP contribution < -0.4 is 19.6 Å². The number of fused-ring (bicyclic) bond motifs is 1. The molecule has 26 heavy (non-hydrogen) atoms. The fraction of sp³-hybridized carbons (Fsp3) is 0.222. The zero-order chi connectivity index (χ0) is 18.5. The molecule has 1 atom stereocenters. The van der Waals surface area contributed by atoms with Gasteiger partial charge in [0.15, 0.2) is 23.0 Å². The van der Waals surface area contributed by atoms with Crippen LogP contribution >= 0.6 is 22.6 Å². The number of nitrogens with zero attached hydrogens (tertiary/aromatic N) is 1. The van der Waals surface area contributed by atoms with Crippen LogP contribution in [0.4, 0.5) is 0 Å². The molecule has 2 aromatic carbocycles. The third-order valence-corrected chi connectivity index (χ3v) is 4.17. The van der Waals surface area contributed by atoms with Gasteiger partial charge >= 0.3 is 0 Å². The topological polar surface area (TPSA) is 89.4 Å². The van der Waals surface area contributed by atoms with Crippen LogP contribution in [0.1, 0.15) is 12.5 Å². The van der Waals surface area contributed by atoms with Crippen LogP contribution in [0, 0.1) is 3.57 Å². The molecule has 0 radical (unpaired) electrons. The highest BCUT2D eigenvalue weighted by Gasteiger charge is 2.27. The molecule has 8 heteroatoms. The first-order chi connectivity index (χ1) is 12.6. The van der Waals surface area contributed by atoms with Crippen LogP contribution in [-0.4, -0.2) is 36.5 Å². The summed E-state index contributed by atoms with van der Waals surface area (Å²) in [7, 11) is 0. The average molecular weight is 468 g/mol. The van der Waals surface area contributed by atoms with Gasteiger partial charge in [-0.25, -0.2) is 5.43 Å². The van der Waals surface area contributed by atoms with Gasteiger partial charge in [-0.15, -0.1) is 0 Å². The number of carbonyl (C=O) groups is 1. The zero-order valence-corrected chi connectivity index (χ0v) is 16.1. The number of benzene rings is 2. The first-order valence-corrected chi connectivity index (χ1v) is 9.03. The first kappa shape index (κ1) is 18.3. The SMILES string of the molecule is CCOc1cc(I)cc(C=NNC(=O)[C@@H]2COc3ccccc3O2)c1O. The minimum Gasteiger partial charge on any atom is -0.504 e. The number of aromatic hydroxyl groups is 1. The maximum Gasteiger partial charge on any atom is 0.284 e. The predicted octanol–water partition coefficient (Wildman–Crippen LogP) is 2.69. The standard InChI is InChI=1S/C18H17IN2O5/c1-2-24-15-8-12(19)7-11(17(15)22)9-20-21-18(23)16-10-25-13-5-3-4-6-14(13)26-16/h3-9,16,22H,2,10H2,1H3,(H,21,23)/t16-/m0/s1. The molecule has 0 unspecified atom stereocenters. The van der Waals surface area contributed by atoms with Gasteiger partial charge in [-0.3, -0.25) is 4.79 Å². The molecular weight excluding hydrogens is 451 g/mol. The molecule has 0 aliphatic carbocycles. The molecule has 0 spiro atoms. The van der Waals surface area contributed by atoms with Gasteiger partial charge in [-0.05, 0) is 53.8 Å². The van der Waals surface area contributed by atoms with E-state index >= 15 is 0 Å². The van der Waals surface area contributed by atoms with Crippen LogP contribution in [0.15, 0.2) is 41.5 Å². The van der Waals surface area contributed by atoms with E-state index in [1.165, 1.54) is 6.21 Å². The van der Waals surface area contributed by atoms with Crippen molar-refractivity contribution in [2.75, 3.05) is 13.2 Å². The number of nitrogens with one attached hydrogen (secondary N) is 1. The fourth-order valence-corrected chi connectivity index (χ4v) is 2.96. The monoisotopic (exact) mass is 468 g/mol. The molecule has 0 bridgehead atoms. The first-order valence-electron chi connectivity index (χ1n) is 7.95. The van der Waals surface area contributed by atoms with Crippen molar-refractivity contribution in [1.29, 1.82) is 0 Å². The Morgan fingerprint density at radius 3 is 2.96 bits per heavy atom. The minimum absolute atomic E-state index is 0.0311. The van der Waals surface area contributed by atoms with Crippen molar-refractivity contribution in [3.05, 3.63) is 45.5 Å². The number of ether oxygens (including phenoxy) is 3. The number of rotatable bonds is 5. The second-order valence-corrected chi connectivity index (χ2v) is 6.62. The van der Waals surface area contributed by atoms with Gasteiger partial charge in [0.05, 0.1) is 12.8 Å². The van der Waals surface area contributed by atoms with Crippen molar-refractivity contribution >= 4 is 34.7 Å². The number of hydrogen-bond donors (Lipinski definition) is 2. The van der Waals surface area contributed by atoms with Crippen LogP contribution in [0.2, 0.25) is 0 Å². The molecule has 1 aliphatic heterocycles. The van der Waals surface area contributed by atoms with Crippen molar-refractivity contribution in [1.82, 2.24) is 5.43 Å². The maximum absolute atomic E-state index is 12.2. The Bertz CT molecular complexity index is 840. The highest BCUT2D eigenvalue weighted by atomic mass is 127. The van der Waals surface area contributed by atoms with Crippen LogP contribution in [0.5, 0.6) is 23.0 Å². The van der Waals surface area contributed by atoms with Crippen molar-refractivity contribution in [2.24, 2.45) is 5.10 Å². The Balaban J connectivity index is 1.65. The molecule has 2 N–H and O–H groups in total. The van der Waals surface area contributed by atoms with E-state index in [4.69, 9.17) is 14.2 Å². The molecular formula is C18H17IN2O5. The third-order valence-electron chi connectivity index (χ3n) is 3.55. The van der Waals surface area contributed by atoms with Gasteiger partial charge in [0.25, 0.3) is 5.91 Å². The molecule has 1 amide bonds. The third kappa shape index (κ3) is 4.18. The van der Waals surface area contributed by atoms with E-state index in [2.05, 4.69) is 33.1 Å².